The van der Waals surface area contributed by atoms with Crippen molar-refractivity contribution in [3.63, 3.8) is 0 Å². The molecule has 0 aromatic heterocycles. The Kier molecular flexibility index (Phi) is 5.42. The molecule has 3 aliphatic rings. The van der Waals surface area contributed by atoms with Gasteiger partial charge in [-0.3, -0.25) is 4.79 Å². The highest BCUT2D eigenvalue weighted by Gasteiger charge is 2.49. The number of carbonyl (C=O) groups is 1. The Bertz CT molecular complexity index is 436. The zero-order chi connectivity index (χ0) is 16.3. The molecule has 0 bridgehead atoms. The van der Waals surface area contributed by atoms with Crippen LogP contribution < -0.4 is 16.0 Å². The first kappa shape index (κ1) is 17.0. The molecule has 4 N–H and O–H groups in total. The molecule has 0 atom stereocenters. The first-order valence-electron chi connectivity index (χ1n) is 9.32. The Morgan fingerprint density at radius 2 is 1.70 bits per heavy atom. The molecule has 0 aromatic rings. The highest BCUT2D eigenvalue weighted by Crippen LogP contribution is 2.22. The Morgan fingerprint density at radius 3 is 2.26 bits per heavy atom. The molecule has 0 unspecified atom stereocenters. The van der Waals surface area contributed by atoms with Crippen LogP contribution in [0.5, 0.6) is 0 Å². The summed E-state index contributed by atoms with van der Waals surface area (Å²) in [5, 5.41) is 4.40. The molecule has 5 nitrogen and oxygen atoms in total. The van der Waals surface area contributed by atoms with Gasteiger partial charge in [-0.05, 0) is 44.3 Å². The minimum atomic E-state index is -0.361. The van der Waals surface area contributed by atoms with Crippen LogP contribution in [0, 0.1) is 0 Å². The number of thiocarbonyl (C=S) groups is 1. The summed E-state index contributed by atoms with van der Waals surface area (Å²) in [6, 6.07) is 0.554. The monoisotopic (exact) mass is 339 g/mol. The molecule has 0 spiro atoms. The number of likely N-dealkylation sites (tertiary alicyclic amines) is 2. The van der Waals surface area contributed by atoms with Gasteiger partial charge >= 0.3 is 0 Å². The third-order valence-electron chi connectivity index (χ3n) is 6.19. The van der Waals surface area contributed by atoms with Crippen LogP contribution in [-0.2, 0) is 4.79 Å². The van der Waals surface area contributed by atoms with E-state index in [1.807, 2.05) is 0 Å². The maximum Gasteiger partial charge on any atom is 0.278 e. The van der Waals surface area contributed by atoms with E-state index in [4.69, 9.17) is 18.0 Å². The highest BCUT2D eigenvalue weighted by molar-refractivity contribution is 7.80. The van der Waals surface area contributed by atoms with Crippen molar-refractivity contribution >= 4 is 23.2 Å². The van der Waals surface area contributed by atoms with E-state index in [9.17, 15) is 4.79 Å². The minimum absolute atomic E-state index is 0.108. The average molecular weight is 340 g/mol. The van der Waals surface area contributed by atoms with Crippen molar-refractivity contribution in [1.29, 1.82) is 0 Å². The quantitative estimate of drug-likeness (QED) is 0.643. The molecule has 2 heterocycles. The second-order valence-electron chi connectivity index (χ2n) is 7.53. The Morgan fingerprint density at radius 1 is 1.09 bits per heavy atom. The van der Waals surface area contributed by atoms with Crippen molar-refractivity contribution in [2.24, 2.45) is 5.73 Å². The number of hydrogen-bond acceptors (Lipinski definition) is 2. The summed E-state index contributed by atoms with van der Waals surface area (Å²) in [5.74, 6) is -0.108. The molecular formula is C17H31N4OS+. The maximum absolute atomic E-state index is 12.3. The summed E-state index contributed by atoms with van der Waals surface area (Å²) in [6.07, 6.45) is 10.5. The predicted molar refractivity (Wildman–Crippen MR) is 95.3 cm³/mol. The van der Waals surface area contributed by atoms with Gasteiger partial charge in [0.25, 0.3) is 5.91 Å². The molecule has 3 fully saturated rings. The van der Waals surface area contributed by atoms with E-state index in [1.165, 1.54) is 49.8 Å². The third kappa shape index (κ3) is 3.63. The predicted octanol–water partition coefficient (Wildman–Crippen LogP) is 0.192. The van der Waals surface area contributed by atoms with Crippen LogP contribution >= 0.6 is 12.2 Å². The summed E-state index contributed by atoms with van der Waals surface area (Å²) in [7, 11) is 0. The zero-order valence-corrected chi connectivity index (χ0v) is 14.9. The Hall–Kier alpha value is -0.880. The van der Waals surface area contributed by atoms with Crippen LogP contribution in [0.1, 0.15) is 57.8 Å². The van der Waals surface area contributed by atoms with Gasteiger partial charge in [-0.15, -0.1) is 0 Å². The first-order chi connectivity index (χ1) is 11.1. The second kappa shape index (κ2) is 7.34. The second-order valence-corrected chi connectivity index (χ2v) is 7.92. The zero-order valence-electron chi connectivity index (χ0n) is 14.1. The van der Waals surface area contributed by atoms with E-state index in [-0.39, 0.29) is 11.4 Å². The standard InChI is InChI=1S/C17H30N4OS/c18-15(22)17(21-10-4-1-5-11-21)8-12-20(13-9-17)16(23)19-14-6-2-3-7-14/h14H,1-13H2,(H2,18,22)(H,19,23)/p+1. The lowest BCUT2D eigenvalue weighted by molar-refractivity contribution is -0.948. The van der Waals surface area contributed by atoms with Gasteiger partial charge in [-0.25, -0.2) is 0 Å². The van der Waals surface area contributed by atoms with Gasteiger partial charge in [-0.1, -0.05) is 12.8 Å². The lowest BCUT2D eigenvalue weighted by Crippen LogP contribution is -3.22. The van der Waals surface area contributed by atoms with Crippen LogP contribution in [0.2, 0.25) is 0 Å². The van der Waals surface area contributed by atoms with Crippen molar-refractivity contribution in [2.45, 2.75) is 69.4 Å². The van der Waals surface area contributed by atoms with E-state index < -0.39 is 0 Å². The fourth-order valence-electron chi connectivity index (χ4n) is 4.66. The van der Waals surface area contributed by atoms with Crippen molar-refractivity contribution < 1.29 is 9.69 Å². The normalized spacial score (nSPS) is 26.2. The minimum Gasteiger partial charge on any atom is -0.364 e. The fourth-order valence-corrected chi connectivity index (χ4v) is 5.01. The van der Waals surface area contributed by atoms with Gasteiger partial charge < -0.3 is 20.9 Å². The number of carbonyl (C=O) groups excluding carboxylic acids is 1. The van der Waals surface area contributed by atoms with Crippen LogP contribution in [0.25, 0.3) is 0 Å². The molecule has 1 saturated carbocycles. The molecule has 3 rings (SSSR count). The van der Waals surface area contributed by atoms with Crippen molar-refractivity contribution in [3.8, 4) is 0 Å². The number of hydrogen-bond donors (Lipinski definition) is 3. The summed E-state index contributed by atoms with van der Waals surface area (Å²) in [5.41, 5.74) is 5.50. The number of nitrogens with one attached hydrogen (secondary N) is 2. The van der Waals surface area contributed by atoms with Crippen LogP contribution in [0.3, 0.4) is 0 Å². The largest absolute Gasteiger partial charge is 0.364 e. The summed E-state index contributed by atoms with van der Waals surface area (Å²) in [4.78, 5) is 15.9. The Balaban J connectivity index is 1.58. The molecule has 6 heteroatoms. The summed E-state index contributed by atoms with van der Waals surface area (Å²) >= 11 is 5.60. The van der Waals surface area contributed by atoms with Crippen LogP contribution in [0.4, 0.5) is 0 Å². The van der Waals surface area contributed by atoms with Gasteiger partial charge in [0, 0.05) is 32.0 Å². The number of rotatable bonds is 3. The van der Waals surface area contributed by atoms with Gasteiger partial charge in [0.05, 0.1) is 13.1 Å². The summed E-state index contributed by atoms with van der Waals surface area (Å²) in [6.45, 7) is 3.89. The molecule has 23 heavy (non-hydrogen) atoms. The van der Waals surface area contributed by atoms with Crippen LogP contribution in [0.15, 0.2) is 0 Å². The SMILES string of the molecule is NC(=O)C1([NH+]2CCCCC2)CCN(C(=S)NC2CCCC2)CC1. The lowest BCUT2D eigenvalue weighted by Gasteiger charge is -2.45. The Labute approximate surface area is 144 Å². The molecule has 0 aromatic carbocycles. The van der Waals surface area contributed by atoms with E-state index >= 15 is 0 Å². The smallest absolute Gasteiger partial charge is 0.278 e. The van der Waals surface area contributed by atoms with Gasteiger partial charge in [0.1, 0.15) is 0 Å². The number of primary amides is 1. The highest BCUT2D eigenvalue weighted by atomic mass is 32.1. The number of piperidine rings is 2. The molecule has 1 aliphatic carbocycles. The van der Waals surface area contributed by atoms with E-state index in [0.29, 0.717) is 6.04 Å². The molecule has 0 radical (unpaired) electrons. The van der Waals surface area contributed by atoms with Crippen LogP contribution in [-0.4, -0.2) is 53.7 Å². The van der Waals surface area contributed by atoms with Gasteiger partial charge in [-0.2, -0.15) is 0 Å². The topological polar surface area (TPSA) is 62.8 Å². The van der Waals surface area contributed by atoms with Crippen molar-refractivity contribution in [1.82, 2.24) is 10.2 Å². The number of quaternary nitrogens is 1. The average Bonchev–Trinajstić information content (AvgIpc) is 3.08. The van der Waals surface area contributed by atoms with Crippen molar-refractivity contribution in [2.75, 3.05) is 26.2 Å². The number of nitrogens with zero attached hydrogens (tertiary/aromatic N) is 1. The number of nitrogens with two attached hydrogens (primary N) is 1. The molecule has 130 valence electrons. The molecule has 2 aliphatic heterocycles. The van der Waals surface area contributed by atoms with E-state index in [1.54, 1.807) is 0 Å². The maximum atomic E-state index is 12.3. The van der Waals surface area contributed by atoms with E-state index in [2.05, 4.69) is 10.2 Å². The number of amides is 1. The van der Waals surface area contributed by atoms with Gasteiger partial charge in [0.15, 0.2) is 10.7 Å². The first-order valence-corrected chi connectivity index (χ1v) is 9.73. The lowest BCUT2D eigenvalue weighted by atomic mass is 9.83. The molecule has 1 amide bonds. The van der Waals surface area contributed by atoms with Gasteiger partial charge in [0.2, 0.25) is 0 Å². The van der Waals surface area contributed by atoms with Crippen molar-refractivity contribution in [3.05, 3.63) is 0 Å². The molecule has 2 saturated heterocycles. The summed E-state index contributed by atoms with van der Waals surface area (Å²) < 4.78 is 0. The fraction of sp³-hybridized carbons (Fsp3) is 0.882. The molecular weight excluding hydrogens is 308 g/mol. The van der Waals surface area contributed by atoms with E-state index in [0.717, 1.165) is 44.1 Å². The third-order valence-corrected chi connectivity index (χ3v) is 6.57.